The van der Waals surface area contributed by atoms with Crippen LogP contribution in [0.5, 0.6) is 0 Å². The summed E-state index contributed by atoms with van der Waals surface area (Å²) in [5, 5.41) is 0. The molecule has 0 aromatic heterocycles. The monoisotopic (exact) mass is 220 g/mol. The normalized spacial score (nSPS) is 47.6. The van der Waals surface area contributed by atoms with Crippen molar-refractivity contribution in [1.82, 2.24) is 0 Å². The first-order chi connectivity index (χ1) is 7.60. The van der Waals surface area contributed by atoms with Crippen molar-refractivity contribution in [2.75, 3.05) is 0 Å². The summed E-state index contributed by atoms with van der Waals surface area (Å²) in [7, 11) is 0. The van der Waals surface area contributed by atoms with Crippen LogP contribution in [0.3, 0.4) is 0 Å². The molecular formula is C16H28. The Morgan fingerprint density at radius 1 is 1.06 bits per heavy atom. The lowest BCUT2D eigenvalue weighted by Gasteiger charge is -2.30. The summed E-state index contributed by atoms with van der Waals surface area (Å²) in [5.74, 6) is 5.25. The van der Waals surface area contributed by atoms with Crippen LogP contribution in [0.4, 0.5) is 0 Å². The molecule has 3 atom stereocenters. The highest BCUT2D eigenvalue weighted by Gasteiger charge is 2.49. The van der Waals surface area contributed by atoms with E-state index in [4.69, 9.17) is 0 Å². The maximum atomic E-state index is 2.55. The molecule has 16 heavy (non-hydrogen) atoms. The molecule has 0 nitrogen and oxygen atoms in total. The minimum Gasteiger partial charge on any atom is -0.0625 e. The van der Waals surface area contributed by atoms with Gasteiger partial charge in [-0.15, -0.1) is 0 Å². The molecular weight excluding hydrogens is 192 g/mol. The van der Waals surface area contributed by atoms with Crippen molar-refractivity contribution in [3.63, 3.8) is 0 Å². The summed E-state index contributed by atoms with van der Waals surface area (Å²) in [5.41, 5.74) is 0.828. The molecule has 0 spiro atoms. The minimum absolute atomic E-state index is 0.828. The van der Waals surface area contributed by atoms with Gasteiger partial charge in [0.15, 0.2) is 0 Å². The highest BCUT2D eigenvalue weighted by atomic mass is 14.5. The van der Waals surface area contributed by atoms with E-state index in [9.17, 15) is 0 Å². The van der Waals surface area contributed by atoms with E-state index < -0.39 is 0 Å². The molecule has 92 valence electrons. The quantitative estimate of drug-likeness (QED) is 0.633. The number of fused-ring (bicyclic) bond motifs is 2. The molecule has 0 aromatic rings. The van der Waals surface area contributed by atoms with Crippen LogP contribution in [0.25, 0.3) is 0 Å². The zero-order valence-corrected chi connectivity index (χ0v) is 11.3. The van der Waals surface area contributed by atoms with Crippen molar-refractivity contribution in [2.45, 2.75) is 65.7 Å². The minimum atomic E-state index is 0.828. The van der Waals surface area contributed by atoms with Gasteiger partial charge in [0.25, 0.3) is 0 Å². The molecule has 0 aromatic carbocycles. The third-order valence-corrected chi connectivity index (χ3v) is 6.12. The van der Waals surface area contributed by atoms with Crippen molar-refractivity contribution in [1.29, 1.82) is 0 Å². The van der Waals surface area contributed by atoms with Crippen molar-refractivity contribution in [3.05, 3.63) is 0 Å². The van der Waals surface area contributed by atoms with Gasteiger partial charge >= 0.3 is 0 Å². The Kier molecular flexibility index (Phi) is 2.60. The van der Waals surface area contributed by atoms with Crippen LogP contribution >= 0.6 is 0 Å². The van der Waals surface area contributed by atoms with Crippen LogP contribution in [0.15, 0.2) is 0 Å². The zero-order chi connectivity index (χ0) is 11.3. The van der Waals surface area contributed by atoms with Crippen LogP contribution in [-0.4, -0.2) is 0 Å². The van der Waals surface area contributed by atoms with Crippen LogP contribution in [0.2, 0.25) is 0 Å². The van der Waals surface area contributed by atoms with Crippen LogP contribution in [0.1, 0.15) is 65.7 Å². The molecule has 3 fully saturated rings. The highest BCUT2D eigenvalue weighted by molar-refractivity contribution is 4.99. The Morgan fingerprint density at radius 3 is 2.19 bits per heavy atom. The van der Waals surface area contributed by atoms with Gasteiger partial charge in [0.05, 0.1) is 0 Å². The van der Waals surface area contributed by atoms with Crippen molar-refractivity contribution in [3.8, 4) is 0 Å². The maximum absolute atomic E-state index is 2.55. The fourth-order valence-corrected chi connectivity index (χ4v) is 5.09. The SMILES string of the molecule is CC(C)C1CC1C(C)CC12CCC(CC1)C2. The van der Waals surface area contributed by atoms with Gasteiger partial charge in [0.1, 0.15) is 0 Å². The fraction of sp³-hybridized carbons (Fsp3) is 1.00. The predicted molar refractivity (Wildman–Crippen MR) is 69.2 cm³/mol. The second-order valence-corrected chi connectivity index (χ2v) is 7.64. The van der Waals surface area contributed by atoms with E-state index in [0.29, 0.717) is 0 Å². The second-order valence-electron chi connectivity index (χ2n) is 7.64. The average molecular weight is 220 g/mol. The third kappa shape index (κ3) is 1.83. The van der Waals surface area contributed by atoms with Crippen LogP contribution < -0.4 is 0 Å². The highest BCUT2D eigenvalue weighted by Crippen LogP contribution is 2.60. The maximum Gasteiger partial charge on any atom is -0.0292 e. The fourth-order valence-electron chi connectivity index (χ4n) is 5.09. The zero-order valence-electron chi connectivity index (χ0n) is 11.3. The summed E-state index contributed by atoms with van der Waals surface area (Å²) in [4.78, 5) is 0. The molecule has 0 N–H and O–H groups in total. The van der Waals surface area contributed by atoms with E-state index in [2.05, 4.69) is 20.8 Å². The van der Waals surface area contributed by atoms with E-state index in [1.54, 1.807) is 44.9 Å². The van der Waals surface area contributed by atoms with E-state index in [1.807, 2.05) is 0 Å². The van der Waals surface area contributed by atoms with E-state index in [1.165, 1.54) is 0 Å². The molecule has 3 unspecified atom stereocenters. The summed E-state index contributed by atoms with van der Waals surface area (Å²) >= 11 is 0. The first-order valence-electron chi connectivity index (χ1n) is 7.60. The lowest BCUT2D eigenvalue weighted by molar-refractivity contribution is 0.209. The lowest BCUT2D eigenvalue weighted by atomic mass is 9.75. The molecule has 3 aliphatic carbocycles. The van der Waals surface area contributed by atoms with E-state index >= 15 is 0 Å². The summed E-state index contributed by atoms with van der Waals surface area (Å²) in [6.07, 6.45) is 11.0. The van der Waals surface area contributed by atoms with Gasteiger partial charge in [-0.3, -0.25) is 0 Å². The van der Waals surface area contributed by atoms with Crippen LogP contribution in [0, 0.1) is 35.0 Å². The number of hydrogen-bond acceptors (Lipinski definition) is 0. The Hall–Kier alpha value is 0. The molecule has 3 rings (SSSR count). The lowest BCUT2D eigenvalue weighted by Crippen LogP contribution is -2.19. The topological polar surface area (TPSA) is 0 Å². The Morgan fingerprint density at radius 2 is 1.75 bits per heavy atom. The molecule has 2 bridgehead atoms. The Labute approximate surface area is 101 Å². The third-order valence-electron chi connectivity index (χ3n) is 6.12. The average Bonchev–Trinajstić information content (AvgIpc) is 2.84. The molecule has 3 aliphatic rings. The molecule has 0 amide bonds. The Balaban J connectivity index is 1.55. The second kappa shape index (κ2) is 3.75. The first-order valence-corrected chi connectivity index (χ1v) is 7.60. The van der Waals surface area contributed by atoms with Crippen molar-refractivity contribution < 1.29 is 0 Å². The smallest absolute Gasteiger partial charge is 0.0292 e. The predicted octanol–water partition coefficient (Wildman–Crippen LogP) is 4.89. The van der Waals surface area contributed by atoms with Crippen molar-refractivity contribution in [2.24, 2.45) is 35.0 Å². The Bertz CT molecular complexity index is 257. The van der Waals surface area contributed by atoms with Gasteiger partial charge < -0.3 is 0 Å². The van der Waals surface area contributed by atoms with Gasteiger partial charge in [0.2, 0.25) is 0 Å². The first kappa shape index (κ1) is 11.1. The largest absolute Gasteiger partial charge is 0.0625 e. The molecule has 3 saturated carbocycles. The summed E-state index contributed by atoms with van der Waals surface area (Å²) in [6.45, 7) is 7.38. The summed E-state index contributed by atoms with van der Waals surface area (Å²) in [6, 6.07) is 0. The number of hydrogen-bond donors (Lipinski definition) is 0. The van der Waals surface area contributed by atoms with E-state index in [-0.39, 0.29) is 0 Å². The molecule has 0 saturated heterocycles. The van der Waals surface area contributed by atoms with Gasteiger partial charge in [-0.05, 0) is 80.0 Å². The molecule has 0 radical (unpaired) electrons. The van der Waals surface area contributed by atoms with Gasteiger partial charge in [-0.25, -0.2) is 0 Å². The molecule has 0 aliphatic heterocycles. The molecule has 0 heterocycles. The standard InChI is InChI=1S/C16H28/c1-11(2)14-8-15(14)12(3)9-16-6-4-13(10-16)5-7-16/h11-15H,4-10H2,1-3H3. The van der Waals surface area contributed by atoms with Gasteiger partial charge in [-0.2, -0.15) is 0 Å². The van der Waals surface area contributed by atoms with Gasteiger partial charge in [-0.1, -0.05) is 20.8 Å². The summed E-state index contributed by atoms with van der Waals surface area (Å²) < 4.78 is 0. The van der Waals surface area contributed by atoms with Crippen LogP contribution in [-0.2, 0) is 0 Å². The molecule has 0 heteroatoms. The number of rotatable bonds is 4. The van der Waals surface area contributed by atoms with Crippen molar-refractivity contribution >= 4 is 0 Å². The van der Waals surface area contributed by atoms with Gasteiger partial charge in [0, 0.05) is 0 Å². The van der Waals surface area contributed by atoms with E-state index in [0.717, 1.165) is 35.0 Å².